The molecule has 0 unspecified atom stereocenters. The molecule has 0 aliphatic carbocycles. The van der Waals surface area contributed by atoms with Crippen LogP contribution in [-0.2, 0) is 13.0 Å². The van der Waals surface area contributed by atoms with E-state index in [0.29, 0.717) is 12.0 Å². The van der Waals surface area contributed by atoms with Crippen LogP contribution >= 0.6 is 0 Å². The van der Waals surface area contributed by atoms with Gasteiger partial charge < -0.3 is 0 Å². The van der Waals surface area contributed by atoms with Crippen LogP contribution in [0.25, 0.3) is 0 Å². The third-order valence-corrected chi connectivity index (χ3v) is 2.99. The third kappa shape index (κ3) is 2.67. The molecular weight excluding hydrogens is 261 g/mol. The van der Waals surface area contributed by atoms with Crippen molar-refractivity contribution in [2.75, 3.05) is 0 Å². The first-order valence-corrected chi connectivity index (χ1v) is 6.06. The van der Waals surface area contributed by atoms with E-state index in [1.165, 1.54) is 22.9 Å². The molecule has 1 aromatic carbocycles. The Bertz CT molecular complexity index is 799. The molecule has 0 fully saturated rings. The van der Waals surface area contributed by atoms with Gasteiger partial charge >= 0.3 is 5.69 Å². The number of aromatic nitrogens is 2. The van der Waals surface area contributed by atoms with Gasteiger partial charge in [0, 0.05) is 17.3 Å². The Kier molecular flexibility index (Phi) is 3.80. The van der Waals surface area contributed by atoms with Crippen LogP contribution in [0.3, 0.4) is 0 Å². The Morgan fingerprint density at radius 2 is 2.10 bits per heavy atom. The first-order chi connectivity index (χ1) is 9.55. The average molecular weight is 273 g/mol. The van der Waals surface area contributed by atoms with Crippen molar-refractivity contribution < 1.29 is 4.39 Å². The highest BCUT2D eigenvalue weighted by atomic mass is 19.1. The summed E-state index contributed by atoms with van der Waals surface area (Å²) in [6.07, 6.45) is 1.91. The Morgan fingerprint density at radius 1 is 1.35 bits per heavy atom. The summed E-state index contributed by atoms with van der Waals surface area (Å²) < 4.78 is 15.0. The molecule has 0 saturated heterocycles. The Hall–Kier alpha value is -2.68. The molecule has 6 heteroatoms. The first kappa shape index (κ1) is 13.7. The second kappa shape index (κ2) is 5.53. The van der Waals surface area contributed by atoms with E-state index in [1.54, 1.807) is 6.92 Å². The zero-order chi connectivity index (χ0) is 14.7. The highest BCUT2D eigenvalue weighted by molar-refractivity contribution is 5.33. The van der Waals surface area contributed by atoms with Gasteiger partial charge in [0.15, 0.2) is 0 Å². The van der Waals surface area contributed by atoms with E-state index in [9.17, 15) is 14.0 Å². The monoisotopic (exact) mass is 273 g/mol. The van der Waals surface area contributed by atoms with Gasteiger partial charge in [-0.05, 0) is 18.6 Å². The molecule has 0 aliphatic rings. The van der Waals surface area contributed by atoms with Crippen molar-refractivity contribution in [3.05, 3.63) is 67.7 Å². The van der Waals surface area contributed by atoms with Gasteiger partial charge in [0.05, 0.1) is 18.2 Å². The molecule has 0 radical (unpaired) electrons. The van der Waals surface area contributed by atoms with E-state index >= 15 is 0 Å². The summed E-state index contributed by atoms with van der Waals surface area (Å²) in [5.41, 5.74) is -0.0572. The minimum Gasteiger partial charge on any atom is -0.296 e. The summed E-state index contributed by atoms with van der Waals surface area (Å²) in [4.78, 5) is 25.3. The minimum atomic E-state index is -0.587. The lowest BCUT2D eigenvalue weighted by molar-refractivity contribution is 0.591. The van der Waals surface area contributed by atoms with E-state index in [0.717, 1.165) is 6.07 Å². The Labute approximate surface area is 113 Å². The second-order valence-electron chi connectivity index (χ2n) is 4.31. The summed E-state index contributed by atoms with van der Waals surface area (Å²) >= 11 is 0. The SMILES string of the molecule is CCc1cn(Cc2ccc(C#N)cc2F)c(=O)[nH]c1=O. The average Bonchev–Trinajstić information content (AvgIpc) is 2.43. The molecule has 5 nitrogen and oxygen atoms in total. The van der Waals surface area contributed by atoms with Gasteiger partial charge in [-0.3, -0.25) is 14.3 Å². The number of halogens is 1. The fraction of sp³-hybridized carbons (Fsp3) is 0.214. The summed E-state index contributed by atoms with van der Waals surface area (Å²) in [5.74, 6) is -0.555. The molecule has 0 amide bonds. The van der Waals surface area contributed by atoms with Crippen molar-refractivity contribution in [3.63, 3.8) is 0 Å². The van der Waals surface area contributed by atoms with Crippen molar-refractivity contribution in [1.82, 2.24) is 9.55 Å². The lowest BCUT2D eigenvalue weighted by Gasteiger charge is -2.08. The quantitative estimate of drug-likeness (QED) is 0.911. The zero-order valence-electron chi connectivity index (χ0n) is 10.8. The Morgan fingerprint density at radius 3 is 2.70 bits per heavy atom. The van der Waals surface area contributed by atoms with Crippen molar-refractivity contribution in [3.8, 4) is 6.07 Å². The Balaban J connectivity index is 2.43. The molecule has 0 bridgehead atoms. The molecule has 0 aliphatic heterocycles. The van der Waals surface area contributed by atoms with Crippen LogP contribution in [0.4, 0.5) is 4.39 Å². The fourth-order valence-electron chi connectivity index (χ4n) is 1.85. The smallest absolute Gasteiger partial charge is 0.296 e. The number of aromatic amines is 1. The highest BCUT2D eigenvalue weighted by Gasteiger charge is 2.08. The molecule has 102 valence electrons. The van der Waals surface area contributed by atoms with E-state index in [1.807, 2.05) is 6.07 Å². The number of rotatable bonds is 3. The number of aryl methyl sites for hydroxylation is 1. The number of hydrogen-bond donors (Lipinski definition) is 1. The van der Waals surface area contributed by atoms with Gasteiger partial charge in [-0.15, -0.1) is 0 Å². The summed E-state index contributed by atoms with van der Waals surface area (Å²) in [6.45, 7) is 1.79. The lowest BCUT2D eigenvalue weighted by atomic mass is 10.1. The van der Waals surface area contributed by atoms with Crippen LogP contribution in [0.5, 0.6) is 0 Å². The zero-order valence-corrected chi connectivity index (χ0v) is 10.8. The van der Waals surface area contributed by atoms with Crippen LogP contribution < -0.4 is 11.2 Å². The number of hydrogen-bond acceptors (Lipinski definition) is 3. The maximum Gasteiger partial charge on any atom is 0.328 e. The van der Waals surface area contributed by atoms with Crippen LogP contribution in [0.15, 0.2) is 34.0 Å². The topological polar surface area (TPSA) is 78.7 Å². The first-order valence-electron chi connectivity index (χ1n) is 6.06. The van der Waals surface area contributed by atoms with Gasteiger partial charge in [-0.25, -0.2) is 9.18 Å². The molecule has 2 aromatic rings. The number of benzene rings is 1. The van der Waals surface area contributed by atoms with Crippen molar-refractivity contribution in [1.29, 1.82) is 5.26 Å². The van der Waals surface area contributed by atoms with Gasteiger partial charge in [0.25, 0.3) is 5.56 Å². The molecule has 0 saturated carbocycles. The number of nitriles is 1. The van der Waals surface area contributed by atoms with Crippen molar-refractivity contribution in [2.24, 2.45) is 0 Å². The fourth-order valence-corrected chi connectivity index (χ4v) is 1.85. The van der Waals surface area contributed by atoms with Crippen molar-refractivity contribution >= 4 is 0 Å². The molecular formula is C14H12FN3O2. The number of nitrogens with one attached hydrogen (secondary N) is 1. The maximum atomic E-state index is 13.8. The van der Waals surface area contributed by atoms with Crippen LogP contribution in [0.2, 0.25) is 0 Å². The molecule has 20 heavy (non-hydrogen) atoms. The molecule has 0 atom stereocenters. The van der Waals surface area contributed by atoms with Gasteiger partial charge in [-0.1, -0.05) is 13.0 Å². The molecule has 0 spiro atoms. The second-order valence-corrected chi connectivity index (χ2v) is 4.31. The summed E-state index contributed by atoms with van der Waals surface area (Å²) in [7, 11) is 0. The minimum absolute atomic E-state index is 0.000154. The highest BCUT2D eigenvalue weighted by Crippen LogP contribution is 2.10. The maximum absolute atomic E-state index is 13.8. The van der Waals surface area contributed by atoms with E-state index < -0.39 is 17.1 Å². The van der Waals surface area contributed by atoms with E-state index in [2.05, 4.69) is 4.98 Å². The van der Waals surface area contributed by atoms with Gasteiger partial charge in [0.2, 0.25) is 0 Å². The summed E-state index contributed by atoms with van der Waals surface area (Å²) in [5, 5.41) is 8.67. The third-order valence-electron chi connectivity index (χ3n) is 2.99. The van der Waals surface area contributed by atoms with Crippen molar-refractivity contribution in [2.45, 2.75) is 19.9 Å². The molecule has 2 rings (SSSR count). The normalized spacial score (nSPS) is 10.2. The molecule has 1 aromatic heterocycles. The standard InChI is InChI=1S/C14H12FN3O2/c1-2-10-7-18(14(20)17-13(10)19)8-11-4-3-9(6-16)5-12(11)15/h3-5,7H,2,8H2,1H3,(H,17,19,20). The predicted octanol–water partition coefficient (Wildman–Crippen LogP) is 1.16. The van der Waals surface area contributed by atoms with Gasteiger partial charge in [0.1, 0.15) is 5.82 Å². The molecule has 1 N–H and O–H groups in total. The number of H-pyrrole nitrogens is 1. The van der Waals surface area contributed by atoms with Gasteiger partial charge in [-0.2, -0.15) is 5.26 Å². The molecule has 1 heterocycles. The van der Waals surface area contributed by atoms with Crippen LogP contribution in [0.1, 0.15) is 23.6 Å². The largest absolute Gasteiger partial charge is 0.328 e. The number of nitrogens with zero attached hydrogens (tertiary/aromatic N) is 2. The van der Waals surface area contributed by atoms with E-state index in [-0.39, 0.29) is 17.7 Å². The van der Waals surface area contributed by atoms with Crippen LogP contribution in [0, 0.1) is 17.1 Å². The predicted molar refractivity (Wildman–Crippen MR) is 70.9 cm³/mol. The van der Waals surface area contributed by atoms with E-state index in [4.69, 9.17) is 5.26 Å². The van der Waals surface area contributed by atoms with Crippen LogP contribution in [-0.4, -0.2) is 9.55 Å². The summed E-state index contributed by atoms with van der Waals surface area (Å²) in [6, 6.07) is 5.90. The lowest BCUT2D eigenvalue weighted by Crippen LogP contribution is -2.32.